The topological polar surface area (TPSA) is 52.6 Å². The summed E-state index contributed by atoms with van der Waals surface area (Å²) < 4.78 is 10.5. The zero-order valence-corrected chi connectivity index (χ0v) is 13.4. The standard InChI is InChI=1S/C16H26O4/c1-10(19-6)9-13(18)15-11(2)14(20-12(3)17)7-8-16(15,4)5/h10,14H,7-9H2,1-6H3/t10-,14+/m1/s1. The van der Waals surface area contributed by atoms with E-state index in [1.54, 1.807) is 7.11 Å². The Kier molecular flexibility index (Phi) is 5.51. The van der Waals surface area contributed by atoms with Gasteiger partial charge in [0.25, 0.3) is 0 Å². The average Bonchev–Trinajstić information content (AvgIpc) is 2.32. The molecule has 0 aromatic rings. The van der Waals surface area contributed by atoms with Crippen molar-refractivity contribution in [2.24, 2.45) is 5.41 Å². The third-order valence-corrected chi connectivity index (χ3v) is 4.05. The summed E-state index contributed by atoms with van der Waals surface area (Å²) >= 11 is 0. The Labute approximate surface area is 121 Å². The normalized spacial score (nSPS) is 23.4. The fourth-order valence-corrected chi connectivity index (χ4v) is 2.92. The van der Waals surface area contributed by atoms with Crippen LogP contribution in [0.4, 0.5) is 0 Å². The lowest BCUT2D eigenvalue weighted by molar-refractivity contribution is -0.145. The van der Waals surface area contributed by atoms with Crippen LogP contribution in [0.15, 0.2) is 11.1 Å². The van der Waals surface area contributed by atoms with E-state index in [9.17, 15) is 9.59 Å². The van der Waals surface area contributed by atoms with Crippen molar-refractivity contribution in [3.05, 3.63) is 11.1 Å². The third kappa shape index (κ3) is 3.92. The summed E-state index contributed by atoms with van der Waals surface area (Å²) in [5, 5.41) is 0. The van der Waals surface area contributed by atoms with Gasteiger partial charge in [0.2, 0.25) is 0 Å². The predicted octanol–water partition coefficient (Wildman–Crippen LogP) is 3.05. The molecule has 0 unspecified atom stereocenters. The van der Waals surface area contributed by atoms with Gasteiger partial charge in [0, 0.05) is 26.0 Å². The monoisotopic (exact) mass is 282 g/mol. The van der Waals surface area contributed by atoms with Crippen LogP contribution < -0.4 is 0 Å². The van der Waals surface area contributed by atoms with E-state index >= 15 is 0 Å². The summed E-state index contributed by atoms with van der Waals surface area (Å²) in [5.74, 6) is -0.204. The van der Waals surface area contributed by atoms with Crippen molar-refractivity contribution in [2.75, 3.05) is 7.11 Å². The van der Waals surface area contributed by atoms with Crippen molar-refractivity contribution < 1.29 is 19.1 Å². The highest BCUT2D eigenvalue weighted by Crippen LogP contribution is 2.42. The molecule has 0 spiro atoms. The number of ether oxygens (including phenoxy) is 2. The lowest BCUT2D eigenvalue weighted by Crippen LogP contribution is -2.35. The fraction of sp³-hybridized carbons (Fsp3) is 0.750. The Morgan fingerprint density at radius 2 is 2.00 bits per heavy atom. The molecule has 0 bridgehead atoms. The highest BCUT2D eigenvalue weighted by molar-refractivity contribution is 5.98. The van der Waals surface area contributed by atoms with Crippen LogP contribution in [-0.4, -0.2) is 31.1 Å². The van der Waals surface area contributed by atoms with Gasteiger partial charge in [0.15, 0.2) is 5.78 Å². The lowest BCUT2D eigenvalue weighted by atomic mass is 9.69. The van der Waals surface area contributed by atoms with Crippen LogP contribution in [0.1, 0.15) is 53.9 Å². The predicted molar refractivity (Wildman–Crippen MR) is 77.4 cm³/mol. The molecule has 4 heteroatoms. The first-order valence-electron chi connectivity index (χ1n) is 7.13. The van der Waals surface area contributed by atoms with Crippen LogP contribution in [0.2, 0.25) is 0 Å². The van der Waals surface area contributed by atoms with Gasteiger partial charge < -0.3 is 9.47 Å². The largest absolute Gasteiger partial charge is 0.458 e. The second-order valence-electron chi connectivity index (χ2n) is 6.25. The number of carbonyl (C=O) groups excluding carboxylic acids is 2. The SMILES string of the molecule is CO[C@H](C)CC(=O)C1=C(C)[C@@H](OC(C)=O)CCC1(C)C. The van der Waals surface area contributed by atoms with Gasteiger partial charge in [0.1, 0.15) is 6.10 Å². The molecule has 0 fully saturated rings. The molecule has 1 aliphatic carbocycles. The molecule has 0 aromatic heterocycles. The van der Waals surface area contributed by atoms with E-state index in [1.807, 2.05) is 13.8 Å². The molecule has 1 aliphatic rings. The summed E-state index contributed by atoms with van der Waals surface area (Å²) in [5.41, 5.74) is 1.52. The van der Waals surface area contributed by atoms with Crippen molar-refractivity contribution >= 4 is 11.8 Å². The number of ketones is 1. The van der Waals surface area contributed by atoms with Gasteiger partial charge in [-0.05, 0) is 37.7 Å². The summed E-state index contributed by atoms with van der Waals surface area (Å²) in [6.45, 7) is 9.34. The minimum atomic E-state index is -0.300. The van der Waals surface area contributed by atoms with Gasteiger partial charge in [-0.2, -0.15) is 0 Å². The second-order valence-corrected chi connectivity index (χ2v) is 6.25. The Hall–Kier alpha value is -1.16. The number of esters is 1. The maximum Gasteiger partial charge on any atom is 0.303 e. The molecule has 0 N–H and O–H groups in total. The van der Waals surface area contributed by atoms with Crippen LogP contribution in [0.3, 0.4) is 0 Å². The Morgan fingerprint density at radius 1 is 1.40 bits per heavy atom. The minimum Gasteiger partial charge on any atom is -0.458 e. The zero-order chi connectivity index (χ0) is 15.5. The van der Waals surface area contributed by atoms with Crippen LogP contribution in [0, 0.1) is 5.41 Å². The quantitative estimate of drug-likeness (QED) is 0.727. The molecular weight excluding hydrogens is 256 g/mol. The molecule has 0 aliphatic heterocycles. The van der Waals surface area contributed by atoms with Crippen molar-refractivity contribution in [3.63, 3.8) is 0 Å². The molecule has 0 saturated heterocycles. The van der Waals surface area contributed by atoms with Crippen molar-refractivity contribution in [1.29, 1.82) is 0 Å². The van der Waals surface area contributed by atoms with Gasteiger partial charge in [0.05, 0.1) is 6.10 Å². The van der Waals surface area contributed by atoms with Gasteiger partial charge in [-0.3, -0.25) is 9.59 Å². The number of rotatable bonds is 5. The first-order chi connectivity index (χ1) is 9.19. The van der Waals surface area contributed by atoms with Crippen LogP contribution >= 0.6 is 0 Å². The van der Waals surface area contributed by atoms with Crippen molar-refractivity contribution in [3.8, 4) is 0 Å². The summed E-state index contributed by atoms with van der Waals surface area (Å²) in [6, 6.07) is 0. The molecule has 0 saturated carbocycles. The molecule has 0 heterocycles. The van der Waals surface area contributed by atoms with E-state index in [4.69, 9.17) is 9.47 Å². The van der Waals surface area contributed by atoms with E-state index in [-0.39, 0.29) is 29.4 Å². The van der Waals surface area contributed by atoms with E-state index in [1.165, 1.54) is 6.92 Å². The minimum absolute atomic E-state index is 0.0960. The maximum atomic E-state index is 12.5. The number of hydrogen-bond acceptors (Lipinski definition) is 4. The number of Topliss-reactive ketones (excluding diaryl/α,β-unsaturated/α-hetero) is 1. The third-order valence-electron chi connectivity index (χ3n) is 4.05. The summed E-state index contributed by atoms with van der Waals surface area (Å²) in [4.78, 5) is 23.7. The zero-order valence-electron chi connectivity index (χ0n) is 13.4. The smallest absolute Gasteiger partial charge is 0.303 e. The molecule has 0 aromatic carbocycles. The molecule has 114 valence electrons. The summed E-state index contributed by atoms with van der Waals surface area (Å²) in [6.07, 6.45) is 1.60. The van der Waals surface area contributed by atoms with Crippen LogP contribution in [-0.2, 0) is 19.1 Å². The molecular formula is C16H26O4. The second kappa shape index (κ2) is 6.53. The lowest BCUT2D eigenvalue weighted by Gasteiger charge is -2.37. The highest BCUT2D eigenvalue weighted by atomic mass is 16.5. The Balaban J connectivity index is 3.06. The van der Waals surface area contributed by atoms with Crippen LogP contribution in [0.5, 0.6) is 0 Å². The average molecular weight is 282 g/mol. The van der Waals surface area contributed by atoms with Gasteiger partial charge in [-0.15, -0.1) is 0 Å². The van der Waals surface area contributed by atoms with Crippen molar-refractivity contribution in [2.45, 2.75) is 66.1 Å². The molecule has 4 nitrogen and oxygen atoms in total. The first kappa shape index (κ1) is 16.9. The molecule has 0 amide bonds. The van der Waals surface area contributed by atoms with E-state index in [2.05, 4.69) is 13.8 Å². The van der Waals surface area contributed by atoms with E-state index in [0.29, 0.717) is 6.42 Å². The molecule has 0 radical (unpaired) electrons. The Morgan fingerprint density at radius 3 is 2.50 bits per heavy atom. The van der Waals surface area contributed by atoms with Gasteiger partial charge >= 0.3 is 5.97 Å². The van der Waals surface area contributed by atoms with Crippen LogP contribution in [0.25, 0.3) is 0 Å². The van der Waals surface area contributed by atoms with E-state index in [0.717, 1.165) is 24.0 Å². The number of carbonyl (C=O) groups is 2. The van der Waals surface area contributed by atoms with Gasteiger partial charge in [-0.1, -0.05) is 13.8 Å². The van der Waals surface area contributed by atoms with E-state index < -0.39 is 0 Å². The molecule has 2 atom stereocenters. The van der Waals surface area contributed by atoms with Gasteiger partial charge in [-0.25, -0.2) is 0 Å². The number of methoxy groups -OCH3 is 1. The molecule has 1 rings (SSSR count). The van der Waals surface area contributed by atoms with Crippen molar-refractivity contribution in [1.82, 2.24) is 0 Å². The summed E-state index contributed by atoms with van der Waals surface area (Å²) in [7, 11) is 1.60. The first-order valence-corrected chi connectivity index (χ1v) is 7.13. The highest BCUT2D eigenvalue weighted by Gasteiger charge is 2.38. The maximum absolute atomic E-state index is 12.5. The Bertz CT molecular complexity index is 420. The number of allylic oxidation sites excluding steroid dienone is 1. The fourth-order valence-electron chi connectivity index (χ4n) is 2.92. The molecule has 20 heavy (non-hydrogen) atoms. The number of hydrogen-bond donors (Lipinski definition) is 0.